The maximum absolute atomic E-state index is 10.3. The molecule has 1 heterocycles. The van der Waals surface area contributed by atoms with Crippen molar-refractivity contribution in [1.29, 1.82) is 0 Å². The monoisotopic (exact) mass is 195 g/mol. The summed E-state index contributed by atoms with van der Waals surface area (Å²) < 4.78 is 1.54. The van der Waals surface area contributed by atoms with Gasteiger partial charge in [0.15, 0.2) is 0 Å². The van der Waals surface area contributed by atoms with Crippen LogP contribution in [0.4, 0.5) is 0 Å². The molecule has 0 fully saturated rings. The molecule has 5 nitrogen and oxygen atoms in total. The van der Waals surface area contributed by atoms with E-state index in [1.54, 1.807) is 18.6 Å². The van der Waals surface area contributed by atoms with Crippen LogP contribution in [0.2, 0.25) is 0 Å². The van der Waals surface area contributed by atoms with E-state index in [1.165, 1.54) is 4.68 Å². The lowest BCUT2D eigenvalue weighted by atomic mass is 10.1. The first-order valence-corrected chi connectivity index (χ1v) is 4.27. The fourth-order valence-corrected chi connectivity index (χ4v) is 1.09. The first-order valence-electron chi connectivity index (χ1n) is 4.27. The van der Waals surface area contributed by atoms with E-state index in [1.807, 2.05) is 0 Å². The van der Waals surface area contributed by atoms with Gasteiger partial charge in [-0.3, -0.25) is 4.79 Å². The van der Waals surface area contributed by atoms with Gasteiger partial charge in [-0.05, 0) is 6.42 Å². The summed E-state index contributed by atoms with van der Waals surface area (Å²) in [7, 11) is 0. The highest BCUT2D eigenvalue weighted by molar-refractivity contribution is 5.66. The molecule has 0 saturated carbocycles. The van der Waals surface area contributed by atoms with E-state index in [4.69, 9.17) is 10.8 Å². The lowest BCUT2D eigenvalue weighted by molar-refractivity contribution is -0.137. The third-order valence-corrected chi connectivity index (χ3v) is 1.91. The molecule has 1 aromatic heterocycles. The minimum atomic E-state index is -0.837. The average molecular weight is 195 g/mol. The molecule has 0 radical (unpaired) electrons. The van der Waals surface area contributed by atoms with Gasteiger partial charge in [0.2, 0.25) is 0 Å². The predicted molar refractivity (Wildman–Crippen MR) is 52.4 cm³/mol. The molecule has 0 spiro atoms. The number of aromatic nitrogens is 2. The second kappa shape index (κ2) is 4.57. The van der Waals surface area contributed by atoms with Gasteiger partial charge in [-0.1, -0.05) is 6.58 Å². The molecule has 0 aliphatic heterocycles. The van der Waals surface area contributed by atoms with Crippen molar-refractivity contribution in [3.05, 3.63) is 24.5 Å². The molecule has 1 atom stereocenters. The molecule has 5 heteroatoms. The molecule has 1 rings (SSSR count). The molecule has 0 amide bonds. The van der Waals surface area contributed by atoms with Crippen LogP contribution in [0.1, 0.15) is 24.4 Å². The standard InChI is InChI=1S/C9H13N3O2/c1-2-12-6-7(5-11-12)8(10)3-4-9(13)14/h2,5-6,8H,1,3-4,10H2,(H,13,14). The van der Waals surface area contributed by atoms with E-state index in [0.29, 0.717) is 6.42 Å². The van der Waals surface area contributed by atoms with Crippen LogP contribution in [0, 0.1) is 0 Å². The van der Waals surface area contributed by atoms with Gasteiger partial charge >= 0.3 is 5.97 Å². The summed E-state index contributed by atoms with van der Waals surface area (Å²) in [6.45, 7) is 3.54. The van der Waals surface area contributed by atoms with Crippen LogP contribution in [0.3, 0.4) is 0 Å². The zero-order valence-electron chi connectivity index (χ0n) is 7.76. The molecule has 1 unspecified atom stereocenters. The normalized spacial score (nSPS) is 12.4. The van der Waals surface area contributed by atoms with Crippen LogP contribution in [0.25, 0.3) is 6.20 Å². The number of aliphatic carboxylic acids is 1. The maximum Gasteiger partial charge on any atom is 0.303 e. The van der Waals surface area contributed by atoms with E-state index < -0.39 is 5.97 Å². The Hall–Kier alpha value is -1.62. The Morgan fingerprint density at radius 1 is 1.86 bits per heavy atom. The lowest BCUT2D eigenvalue weighted by Crippen LogP contribution is -2.11. The highest BCUT2D eigenvalue weighted by Crippen LogP contribution is 2.14. The van der Waals surface area contributed by atoms with E-state index in [-0.39, 0.29) is 12.5 Å². The largest absolute Gasteiger partial charge is 0.481 e. The number of hydrogen-bond donors (Lipinski definition) is 2. The number of carbonyl (C=O) groups is 1. The van der Waals surface area contributed by atoms with Crippen LogP contribution in [-0.4, -0.2) is 20.9 Å². The number of carboxylic acid groups (broad SMARTS) is 1. The van der Waals surface area contributed by atoms with Gasteiger partial charge in [-0.25, -0.2) is 4.68 Å². The molecule has 76 valence electrons. The zero-order chi connectivity index (χ0) is 10.6. The number of nitrogens with zero attached hydrogens (tertiary/aromatic N) is 2. The summed E-state index contributed by atoms with van der Waals surface area (Å²) >= 11 is 0. The second-order valence-electron chi connectivity index (χ2n) is 2.98. The second-order valence-corrected chi connectivity index (χ2v) is 2.98. The molecule has 14 heavy (non-hydrogen) atoms. The quantitative estimate of drug-likeness (QED) is 0.729. The minimum Gasteiger partial charge on any atom is -0.481 e. The fourth-order valence-electron chi connectivity index (χ4n) is 1.09. The molecule has 1 aromatic rings. The van der Waals surface area contributed by atoms with Gasteiger partial charge in [0.05, 0.1) is 6.20 Å². The van der Waals surface area contributed by atoms with E-state index in [0.717, 1.165) is 5.56 Å². The number of carboxylic acids is 1. The summed E-state index contributed by atoms with van der Waals surface area (Å²) in [5.41, 5.74) is 6.59. The van der Waals surface area contributed by atoms with Crippen molar-refractivity contribution in [2.24, 2.45) is 5.73 Å². The van der Waals surface area contributed by atoms with Crippen molar-refractivity contribution in [1.82, 2.24) is 9.78 Å². The fraction of sp³-hybridized carbons (Fsp3) is 0.333. The summed E-state index contributed by atoms with van der Waals surface area (Å²) in [5, 5.41) is 12.4. The van der Waals surface area contributed by atoms with E-state index >= 15 is 0 Å². The summed E-state index contributed by atoms with van der Waals surface area (Å²) in [6.07, 6.45) is 5.39. The van der Waals surface area contributed by atoms with Crippen molar-refractivity contribution in [2.75, 3.05) is 0 Å². The van der Waals surface area contributed by atoms with Gasteiger partial charge in [-0.2, -0.15) is 5.10 Å². The molecule has 0 saturated heterocycles. The molecule has 0 aromatic carbocycles. The van der Waals surface area contributed by atoms with Gasteiger partial charge in [0, 0.05) is 30.4 Å². The van der Waals surface area contributed by atoms with Crippen molar-refractivity contribution in [3.63, 3.8) is 0 Å². The number of hydrogen-bond acceptors (Lipinski definition) is 3. The molecule has 0 aliphatic rings. The SMILES string of the molecule is C=Cn1cc(C(N)CCC(=O)O)cn1. The Bertz CT molecular complexity index is 333. The van der Waals surface area contributed by atoms with Crippen LogP contribution < -0.4 is 5.73 Å². The predicted octanol–water partition coefficient (Wildman–Crippen LogP) is 0.848. The van der Waals surface area contributed by atoms with Gasteiger partial charge < -0.3 is 10.8 Å². The van der Waals surface area contributed by atoms with E-state index in [2.05, 4.69) is 11.7 Å². The number of nitrogens with two attached hydrogens (primary N) is 1. The van der Waals surface area contributed by atoms with Crippen LogP contribution in [0.15, 0.2) is 19.0 Å². The molecule has 3 N–H and O–H groups in total. The number of rotatable bonds is 5. The zero-order valence-corrected chi connectivity index (χ0v) is 7.76. The highest BCUT2D eigenvalue weighted by Gasteiger charge is 2.09. The Morgan fingerprint density at radius 2 is 2.57 bits per heavy atom. The van der Waals surface area contributed by atoms with Crippen molar-refractivity contribution in [2.45, 2.75) is 18.9 Å². The molecular weight excluding hydrogens is 182 g/mol. The van der Waals surface area contributed by atoms with Crippen LogP contribution >= 0.6 is 0 Å². The van der Waals surface area contributed by atoms with E-state index in [9.17, 15) is 4.79 Å². The molecule has 0 bridgehead atoms. The summed E-state index contributed by atoms with van der Waals surface area (Å²) in [4.78, 5) is 10.3. The van der Waals surface area contributed by atoms with Gasteiger partial charge in [-0.15, -0.1) is 0 Å². The smallest absolute Gasteiger partial charge is 0.303 e. The third kappa shape index (κ3) is 2.70. The lowest BCUT2D eigenvalue weighted by Gasteiger charge is -2.06. The van der Waals surface area contributed by atoms with Gasteiger partial charge in [0.25, 0.3) is 0 Å². The average Bonchev–Trinajstić information content (AvgIpc) is 2.62. The maximum atomic E-state index is 10.3. The summed E-state index contributed by atoms with van der Waals surface area (Å²) in [6, 6.07) is -0.278. The van der Waals surface area contributed by atoms with Crippen molar-refractivity contribution >= 4 is 12.2 Å². The topological polar surface area (TPSA) is 81.1 Å². The Kier molecular flexibility index (Phi) is 3.41. The van der Waals surface area contributed by atoms with Crippen LogP contribution in [0.5, 0.6) is 0 Å². The summed E-state index contributed by atoms with van der Waals surface area (Å²) in [5.74, 6) is -0.837. The Balaban J connectivity index is 2.55. The van der Waals surface area contributed by atoms with Crippen molar-refractivity contribution in [3.8, 4) is 0 Å². The first-order chi connectivity index (χ1) is 6.63. The third-order valence-electron chi connectivity index (χ3n) is 1.91. The van der Waals surface area contributed by atoms with Crippen LogP contribution in [-0.2, 0) is 4.79 Å². The van der Waals surface area contributed by atoms with Crippen molar-refractivity contribution < 1.29 is 9.90 Å². The minimum absolute atomic E-state index is 0.0699. The first kappa shape index (κ1) is 10.5. The Morgan fingerprint density at radius 3 is 3.07 bits per heavy atom. The molecular formula is C9H13N3O2. The van der Waals surface area contributed by atoms with Gasteiger partial charge in [0.1, 0.15) is 0 Å². The molecule has 0 aliphatic carbocycles. The highest BCUT2D eigenvalue weighted by atomic mass is 16.4. The Labute approximate surface area is 81.8 Å².